The third-order valence-electron chi connectivity index (χ3n) is 3.40. The second kappa shape index (κ2) is 8.95. The largest absolute Gasteiger partial charge is 0.513 e. The Morgan fingerprint density at radius 1 is 1.38 bits per heavy atom. The molecule has 1 amide bonds. The van der Waals surface area contributed by atoms with Crippen LogP contribution in [-0.2, 0) is 24.1 Å². The predicted molar refractivity (Wildman–Crippen MR) is 96.6 cm³/mol. The van der Waals surface area contributed by atoms with Crippen molar-refractivity contribution in [3.8, 4) is 0 Å². The molecule has 1 heterocycles. The van der Waals surface area contributed by atoms with Crippen molar-refractivity contribution in [2.75, 3.05) is 18.2 Å². The van der Waals surface area contributed by atoms with Crippen LogP contribution >= 0.6 is 11.3 Å². The SMILES string of the molecule is CCCCOC(=O)OC1=C(C(=O)Nc2nc(S(C)(=O)=O)cs2)CCC=C1. The number of thiazole rings is 1. The van der Waals surface area contributed by atoms with E-state index in [4.69, 9.17) is 9.47 Å². The molecule has 1 aliphatic rings. The minimum absolute atomic E-state index is 0.105. The Hall–Kier alpha value is -2.20. The van der Waals surface area contributed by atoms with Gasteiger partial charge in [-0.1, -0.05) is 19.4 Å². The number of carbonyl (C=O) groups excluding carboxylic acids is 2. The van der Waals surface area contributed by atoms with E-state index in [0.717, 1.165) is 30.4 Å². The Balaban J connectivity index is 2.08. The number of aromatic nitrogens is 1. The smallest absolute Gasteiger partial charge is 0.434 e. The van der Waals surface area contributed by atoms with Crippen LogP contribution in [0.2, 0.25) is 0 Å². The molecule has 0 saturated carbocycles. The molecule has 26 heavy (non-hydrogen) atoms. The lowest BCUT2D eigenvalue weighted by atomic mass is 10.0. The van der Waals surface area contributed by atoms with Gasteiger partial charge in [-0.2, -0.15) is 0 Å². The van der Waals surface area contributed by atoms with Gasteiger partial charge in [0.25, 0.3) is 5.91 Å². The van der Waals surface area contributed by atoms with Gasteiger partial charge in [-0.05, 0) is 25.3 Å². The van der Waals surface area contributed by atoms with Crippen molar-refractivity contribution in [2.24, 2.45) is 0 Å². The standard InChI is InChI=1S/C16H20N2O6S2/c1-3-4-9-23-16(20)24-12-8-6-5-7-11(12)14(19)18-15-17-13(10-25-15)26(2,21)22/h6,8,10H,3-5,7,9H2,1-2H3,(H,17,18,19). The number of hydrogen-bond donors (Lipinski definition) is 1. The highest BCUT2D eigenvalue weighted by Crippen LogP contribution is 2.24. The molecule has 2 rings (SSSR count). The van der Waals surface area contributed by atoms with Gasteiger partial charge >= 0.3 is 6.16 Å². The molecule has 1 aliphatic carbocycles. The highest BCUT2D eigenvalue weighted by Gasteiger charge is 2.22. The van der Waals surface area contributed by atoms with Crippen LogP contribution in [-0.4, -0.2) is 38.3 Å². The Bertz CT molecular complexity index is 839. The molecule has 0 fully saturated rings. The van der Waals surface area contributed by atoms with Gasteiger partial charge in [-0.15, -0.1) is 11.3 Å². The van der Waals surface area contributed by atoms with Crippen molar-refractivity contribution < 1.29 is 27.5 Å². The quantitative estimate of drug-likeness (QED) is 0.553. The van der Waals surface area contributed by atoms with Crippen LogP contribution in [0.4, 0.5) is 9.93 Å². The molecule has 0 radical (unpaired) electrons. The second-order valence-electron chi connectivity index (χ2n) is 5.56. The van der Waals surface area contributed by atoms with E-state index >= 15 is 0 Å². The van der Waals surface area contributed by atoms with Gasteiger partial charge in [0.05, 0.1) is 12.2 Å². The summed E-state index contributed by atoms with van der Waals surface area (Å²) in [6, 6.07) is 0. The predicted octanol–water partition coefficient (Wildman–Crippen LogP) is 3.04. The summed E-state index contributed by atoms with van der Waals surface area (Å²) < 4.78 is 33.0. The van der Waals surface area contributed by atoms with Crippen molar-refractivity contribution in [1.82, 2.24) is 4.98 Å². The van der Waals surface area contributed by atoms with E-state index in [1.165, 1.54) is 5.38 Å². The first-order valence-corrected chi connectivity index (χ1v) is 10.8. The summed E-state index contributed by atoms with van der Waals surface area (Å²) in [6.45, 7) is 2.22. The first kappa shape index (κ1) is 20.1. The van der Waals surface area contributed by atoms with E-state index in [1.807, 2.05) is 6.92 Å². The normalized spacial score (nSPS) is 14.2. The molecule has 0 saturated heterocycles. The first-order chi connectivity index (χ1) is 12.3. The summed E-state index contributed by atoms with van der Waals surface area (Å²) in [5, 5.41) is 3.94. The summed E-state index contributed by atoms with van der Waals surface area (Å²) in [5.74, 6) is -0.379. The Morgan fingerprint density at radius 3 is 2.81 bits per heavy atom. The number of nitrogens with one attached hydrogen (secondary N) is 1. The average molecular weight is 400 g/mol. The number of allylic oxidation sites excluding steroid dienone is 2. The van der Waals surface area contributed by atoms with Crippen LogP contribution in [0.25, 0.3) is 0 Å². The van der Waals surface area contributed by atoms with Gasteiger partial charge in [-0.3, -0.25) is 10.1 Å². The molecule has 0 aromatic carbocycles. The highest BCUT2D eigenvalue weighted by atomic mass is 32.2. The van der Waals surface area contributed by atoms with Gasteiger partial charge in [0.2, 0.25) is 0 Å². The van der Waals surface area contributed by atoms with E-state index < -0.39 is 21.9 Å². The molecular weight excluding hydrogens is 380 g/mol. The summed E-state index contributed by atoms with van der Waals surface area (Å²) >= 11 is 1.00. The topological polar surface area (TPSA) is 112 Å². The lowest BCUT2D eigenvalue weighted by Gasteiger charge is -2.14. The lowest BCUT2D eigenvalue weighted by Crippen LogP contribution is -2.19. The van der Waals surface area contributed by atoms with Crippen LogP contribution in [0.15, 0.2) is 33.9 Å². The van der Waals surface area contributed by atoms with Gasteiger partial charge in [0, 0.05) is 11.6 Å². The zero-order chi connectivity index (χ0) is 19.2. The van der Waals surface area contributed by atoms with Gasteiger partial charge < -0.3 is 9.47 Å². The molecule has 8 nitrogen and oxygen atoms in total. The van der Waals surface area contributed by atoms with Gasteiger partial charge in [-0.25, -0.2) is 18.2 Å². The van der Waals surface area contributed by atoms with Crippen LogP contribution in [0.5, 0.6) is 0 Å². The number of sulfone groups is 1. The van der Waals surface area contributed by atoms with Crippen molar-refractivity contribution >= 4 is 38.4 Å². The first-order valence-electron chi connectivity index (χ1n) is 8.02. The van der Waals surface area contributed by atoms with E-state index in [2.05, 4.69) is 10.3 Å². The monoisotopic (exact) mass is 400 g/mol. The third kappa shape index (κ3) is 5.67. The molecule has 1 N–H and O–H groups in total. The fourth-order valence-corrected chi connectivity index (χ4v) is 3.77. The number of nitrogens with zero attached hydrogens (tertiary/aromatic N) is 1. The van der Waals surface area contributed by atoms with E-state index in [9.17, 15) is 18.0 Å². The number of hydrogen-bond acceptors (Lipinski definition) is 8. The Labute approximate surface area is 155 Å². The highest BCUT2D eigenvalue weighted by molar-refractivity contribution is 7.90. The Kier molecular flexibility index (Phi) is 6.92. The average Bonchev–Trinajstić information content (AvgIpc) is 3.04. The van der Waals surface area contributed by atoms with Gasteiger partial charge in [0.15, 0.2) is 20.0 Å². The summed E-state index contributed by atoms with van der Waals surface area (Å²) in [6.07, 6.45) is 6.12. The number of carbonyl (C=O) groups is 2. The number of ether oxygens (including phenoxy) is 2. The van der Waals surface area contributed by atoms with Crippen LogP contribution in [0.1, 0.15) is 32.6 Å². The van der Waals surface area contributed by atoms with Crippen LogP contribution in [0.3, 0.4) is 0 Å². The van der Waals surface area contributed by atoms with E-state index in [0.29, 0.717) is 12.8 Å². The maximum atomic E-state index is 12.5. The Morgan fingerprint density at radius 2 is 2.15 bits per heavy atom. The number of unbranched alkanes of at least 4 members (excludes halogenated alkanes) is 1. The number of amides is 1. The van der Waals surface area contributed by atoms with Crippen LogP contribution < -0.4 is 5.32 Å². The molecule has 0 bridgehead atoms. The summed E-state index contributed by atoms with van der Waals surface area (Å²) in [7, 11) is -3.44. The van der Waals surface area contributed by atoms with E-state index in [-0.39, 0.29) is 28.1 Å². The minimum atomic E-state index is -3.44. The molecule has 1 aromatic rings. The second-order valence-corrected chi connectivity index (χ2v) is 8.38. The maximum absolute atomic E-state index is 12.5. The summed E-state index contributed by atoms with van der Waals surface area (Å²) in [5.41, 5.74) is 0.274. The minimum Gasteiger partial charge on any atom is -0.434 e. The zero-order valence-electron chi connectivity index (χ0n) is 14.5. The molecule has 0 aliphatic heterocycles. The van der Waals surface area contributed by atoms with Crippen molar-refractivity contribution in [2.45, 2.75) is 37.6 Å². The maximum Gasteiger partial charge on any atom is 0.513 e. The van der Waals surface area contributed by atoms with Crippen LogP contribution in [0, 0.1) is 0 Å². The van der Waals surface area contributed by atoms with E-state index in [1.54, 1.807) is 12.2 Å². The molecule has 10 heteroatoms. The van der Waals surface area contributed by atoms with Crippen molar-refractivity contribution in [1.29, 1.82) is 0 Å². The molecule has 0 unspecified atom stereocenters. The van der Waals surface area contributed by atoms with Gasteiger partial charge in [0.1, 0.15) is 5.76 Å². The molecule has 0 spiro atoms. The fourth-order valence-electron chi connectivity index (χ4n) is 2.04. The fraction of sp³-hybridized carbons (Fsp3) is 0.438. The molecular formula is C16H20N2O6S2. The van der Waals surface area contributed by atoms with Crippen molar-refractivity contribution in [3.63, 3.8) is 0 Å². The molecule has 0 atom stereocenters. The van der Waals surface area contributed by atoms with Crippen molar-refractivity contribution in [3.05, 3.63) is 28.9 Å². The molecule has 1 aromatic heterocycles. The lowest BCUT2D eigenvalue weighted by molar-refractivity contribution is -0.113. The zero-order valence-corrected chi connectivity index (χ0v) is 16.1. The summed E-state index contributed by atoms with van der Waals surface area (Å²) in [4.78, 5) is 28.0. The third-order valence-corrected chi connectivity index (χ3v) is 5.27. The number of rotatable bonds is 7. The molecule has 142 valence electrons. The number of anilines is 1.